The number of nitrogens with zero attached hydrogens (tertiary/aromatic N) is 1. The molecule has 1 heterocycles. The van der Waals surface area contributed by atoms with E-state index in [0.29, 0.717) is 22.1 Å². The highest BCUT2D eigenvalue weighted by molar-refractivity contribution is 5.78. The number of anilines is 1. The largest absolute Gasteiger partial charge is 0.497 e. The summed E-state index contributed by atoms with van der Waals surface area (Å²) in [5.41, 5.74) is 5.28. The number of nitrogens with one attached hydrogen (secondary N) is 1. The summed E-state index contributed by atoms with van der Waals surface area (Å²) < 4.78 is 24.9. The van der Waals surface area contributed by atoms with Gasteiger partial charge in [-0.15, -0.1) is 0 Å². The van der Waals surface area contributed by atoms with Crippen LogP contribution >= 0.6 is 0 Å². The van der Waals surface area contributed by atoms with E-state index in [1.54, 1.807) is 19.2 Å². The smallest absolute Gasteiger partial charge is 0.137 e. The number of fused-ring (bicyclic) bond motifs is 1. The quantitative estimate of drug-likeness (QED) is 0.510. The summed E-state index contributed by atoms with van der Waals surface area (Å²) in [4.78, 5) is 0. The molecule has 27 heavy (non-hydrogen) atoms. The van der Waals surface area contributed by atoms with Gasteiger partial charge in [-0.05, 0) is 54.6 Å². The number of hydrogen-bond acceptors (Lipinski definition) is 4. The topological polar surface area (TPSA) is 46.8 Å². The lowest BCUT2D eigenvalue weighted by molar-refractivity contribution is 0.415. The van der Waals surface area contributed by atoms with Gasteiger partial charge >= 0.3 is 0 Å². The number of ether oxygens (including phenoxy) is 1. The van der Waals surface area contributed by atoms with Gasteiger partial charge < -0.3 is 9.15 Å². The van der Waals surface area contributed by atoms with Crippen LogP contribution in [0.3, 0.4) is 0 Å². The van der Waals surface area contributed by atoms with Crippen LogP contribution < -0.4 is 15.5 Å². The van der Waals surface area contributed by atoms with E-state index in [4.69, 9.17) is 9.15 Å². The maximum absolute atomic E-state index is 13.8. The summed E-state index contributed by atoms with van der Waals surface area (Å²) in [6.45, 7) is 0. The van der Waals surface area contributed by atoms with Crippen LogP contribution in [0.1, 0.15) is 0 Å². The number of hydrogen-bond donors (Lipinski definition) is 1. The molecular formula is C22H17FN2O2. The van der Waals surface area contributed by atoms with Crippen LogP contribution in [-0.4, -0.2) is 7.11 Å². The van der Waals surface area contributed by atoms with E-state index in [1.807, 2.05) is 54.6 Å². The highest BCUT2D eigenvalue weighted by Gasteiger charge is 2.07. The maximum Gasteiger partial charge on any atom is 0.137 e. The summed E-state index contributed by atoms with van der Waals surface area (Å²) in [5, 5.41) is 5.65. The molecule has 0 aliphatic heterocycles. The fourth-order valence-electron chi connectivity index (χ4n) is 2.77. The maximum atomic E-state index is 13.8. The van der Waals surface area contributed by atoms with Crippen LogP contribution in [0.2, 0.25) is 0 Å². The standard InChI is InChI=1S/C22H17FN2O2/c1-26-18-10-7-15(8-11-18)22-14-20(25-24-17-5-3-2-4-6-17)19-13-16(23)9-12-21(19)27-22/h2-14,24H,1H3/b25-20+. The van der Waals surface area contributed by atoms with Crippen molar-refractivity contribution in [1.29, 1.82) is 0 Å². The van der Waals surface area contributed by atoms with Crippen molar-refractivity contribution in [2.45, 2.75) is 0 Å². The van der Waals surface area contributed by atoms with Gasteiger partial charge in [0.25, 0.3) is 0 Å². The molecule has 4 aromatic rings. The summed E-state index contributed by atoms with van der Waals surface area (Å²) in [5.74, 6) is 1.05. The average molecular weight is 360 g/mol. The van der Waals surface area contributed by atoms with E-state index in [2.05, 4.69) is 10.5 Å². The van der Waals surface area contributed by atoms with Crippen LogP contribution in [-0.2, 0) is 0 Å². The molecule has 0 aliphatic rings. The zero-order chi connectivity index (χ0) is 18.6. The van der Waals surface area contributed by atoms with Crippen LogP contribution in [0.5, 0.6) is 5.75 Å². The highest BCUT2D eigenvalue weighted by Crippen LogP contribution is 2.24. The molecule has 0 fully saturated rings. The van der Waals surface area contributed by atoms with Gasteiger partial charge in [0.15, 0.2) is 0 Å². The van der Waals surface area contributed by atoms with E-state index in [-0.39, 0.29) is 5.82 Å². The average Bonchev–Trinajstić information content (AvgIpc) is 2.73. The van der Waals surface area contributed by atoms with Gasteiger partial charge in [0.05, 0.1) is 18.2 Å². The van der Waals surface area contributed by atoms with Crippen molar-refractivity contribution >= 4 is 16.7 Å². The van der Waals surface area contributed by atoms with Gasteiger partial charge in [-0.1, -0.05) is 18.2 Å². The molecule has 0 amide bonds. The van der Waals surface area contributed by atoms with Gasteiger partial charge in [-0.25, -0.2) is 4.39 Å². The second-order valence-corrected chi connectivity index (χ2v) is 5.95. The molecule has 1 N–H and O–H groups in total. The predicted octanol–water partition coefficient (Wildman–Crippen LogP) is 5.18. The summed E-state index contributed by atoms with van der Waals surface area (Å²) in [6, 6.07) is 23.3. The molecule has 3 aromatic carbocycles. The molecular weight excluding hydrogens is 343 g/mol. The summed E-state index contributed by atoms with van der Waals surface area (Å²) >= 11 is 0. The fraction of sp³-hybridized carbons (Fsp3) is 0.0455. The lowest BCUT2D eigenvalue weighted by atomic mass is 10.1. The molecule has 134 valence electrons. The van der Waals surface area contributed by atoms with Crippen molar-refractivity contribution in [3.8, 4) is 17.1 Å². The normalized spacial score (nSPS) is 11.6. The molecule has 5 heteroatoms. The SMILES string of the molecule is COc1ccc(-c2c/c(=N\Nc3ccccc3)c3cc(F)ccc3o2)cc1. The molecule has 0 saturated carbocycles. The van der Waals surface area contributed by atoms with Gasteiger partial charge in [0.1, 0.15) is 22.9 Å². The monoisotopic (exact) mass is 360 g/mol. The first-order chi connectivity index (χ1) is 13.2. The molecule has 0 aliphatic carbocycles. The zero-order valence-electron chi connectivity index (χ0n) is 14.6. The minimum absolute atomic E-state index is 0.342. The molecule has 4 nitrogen and oxygen atoms in total. The molecule has 4 rings (SSSR count). The van der Waals surface area contributed by atoms with Crippen molar-refractivity contribution in [2.75, 3.05) is 12.5 Å². The van der Waals surface area contributed by atoms with Gasteiger partial charge in [0.2, 0.25) is 0 Å². The fourth-order valence-corrected chi connectivity index (χ4v) is 2.77. The van der Waals surface area contributed by atoms with Gasteiger partial charge in [-0.3, -0.25) is 5.43 Å². The van der Waals surface area contributed by atoms with Crippen molar-refractivity contribution in [3.63, 3.8) is 0 Å². The summed E-state index contributed by atoms with van der Waals surface area (Å²) in [7, 11) is 1.62. The van der Waals surface area contributed by atoms with Crippen molar-refractivity contribution in [3.05, 3.63) is 90.0 Å². The Morgan fingerprint density at radius 3 is 2.44 bits per heavy atom. The van der Waals surface area contributed by atoms with Crippen molar-refractivity contribution in [1.82, 2.24) is 0 Å². The van der Waals surface area contributed by atoms with Crippen LogP contribution in [0.4, 0.5) is 10.1 Å². The van der Waals surface area contributed by atoms with Gasteiger partial charge in [-0.2, -0.15) is 5.10 Å². The molecule has 1 aromatic heterocycles. The second kappa shape index (κ2) is 7.33. The minimum Gasteiger partial charge on any atom is -0.497 e. The molecule has 0 radical (unpaired) electrons. The van der Waals surface area contributed by atoms with E-state index in [0.717, 1.165) is 17.0 Å². The first-order valence-corrected chi connectivity index (χ1v) is 8.45. The minimum atomic E-state index is -0.342. The molecule has 0 saturated heterocycles. The predicted molar refractivity (Wildman–Crippen MR) is 104 cm³/mol. The number of rotatable bonds is 4. The third-order valence-electron chi connectivity index (χ3n) is 4.16. The molecule has 0 unspecified atom stereocenters. The first-order valence-electron chi connectivity index (χ1n) is 8.45. The van der Waals surface area contributed by atoms with E-state index in [1.165, 1.54) is 12.1 Å². The van der Waals surface area contributed by atoms with E-state index in [9.17, 15) is 4.39 Å². The Labute approximate surface area is 155 Å². The lowest BCUT2D eigenvalue weighted by Gasteiger charge is -2.07. The first kappa shape index (κ1) is 16.8. The molecule has 0 bridgehead atoms. The Morgan fingerprint density at radius 2 is 1.70 bits per heavy atom. The third kappa shape index (κ3) is 3.67. The number of halogens is 1. The third-order valence-corrected chi connectivity index (χ3v) is 4.16. The lowest BCUT2D eigenvalue weighted by Crippen LogP contribution is -2.07. The Bertz CT molecular complexity index is 1140. The van der Waals surface area contributed by atoms with E-state index >= 15 is 0 Å². The Balaban J connectivity index is 1.85. The Kier molecular flexibility index (Phi) is 4.58. The van der Waals surface area contributed by atoms with Crippen LogP contribution in [0, 0.1) is 5.82 Å². The van der Waals surface area contributed by atoms with Crippen LogP contribution in [0.15, 0.2) is 88.4 Å². The van der Waals surface area contributed by atoms with Crippen molar-refractivity contribution in [2.24, 2.45) is 5.10 Å². The number of methoxy groups -OCH3 is 1. The number of benzene rings is 3. The second-order valence-electron chi connectivity index (χ2n) is 5.95. The Hall–Kier alpha value is -3.60. The summed E-state index contributed by atoms with van der Waals surface area (Å²) in [6.07, 6.45) is 0. The molecule has 0 spiro atoms. The van der Waals surface area contributed by atoms with Crippen LogP contribution in [0.25, 0.3) is 22.3 Å². The highest BCUT2D eigenvalue weighted by atomic mass is 19.1. The van der Waals surface area contributed by atoms with Gasteiger partial charge in [0, 0.05) is 17.0 Å². The Morgan fingerprint density at radius 1 is 0.926 bits per heavy atom. The number of para-hydroxylation sites is 1. The molecule has 0 atom stereocenters. The van der Waals surface area contributed by atoms with Crippen molar-refractivity contribution < 1.29 is 13.5 Å². The van der Waals surface area contributed by atoms with E-state index < -0.39 is 0 Å². The zero-order valence-corrected chi connectivity index (χ0v) is 14.6.